The smallest absolute Gasteiger partial charge is 0.379 e. The van der Waals surface area contributed by atoms with Gasteiger partial charge >= 0.3 is 6.18 Å². The molecule has 3 unspecified atom stereocenters. The number of hydrogen-bond acceptors (Lipinski definition) is 11. The maximum atomic E-state index is 15.1. The molecule has 4 aliphatic heterocycles. The maximum absolute atomic E-state index is 15.1. The Labute approximate surface area is 424 Å². The summed E-state index contributed by atoms with van der Waals surface area (Å²) < 4.78 is 53.2. The SMILES string of the molecule is CC.CCSc1cc(C2(Cc3nncn3C)COC2)cc(N2Cc3c(cc(C[N+]4(CNC(=O)C(C)NC(=O)C(NC(=O)CCCCCN5C(=O)CCC5=O)C(C)C)CCC[C@H](C)C4)cc3C(F)(F)F)C2=O)n1. The number of amides is 6. The second-order valence-electron chi connectivity index (χ2n) is 20.0. The Kier molecular flexibility index (Phi) is 18.7. The molecule has 0 bridgehead atoms. The molecular formula is C51H72F3N10O7S+. The summed E-state index contributed by atoms with van der Waals surface area (Å²) in [7, 11) is 1.86. The van der Waals surface area contributed by atoms with E-state index in [1.807, 2.05) is 38.5 Å². The number of carbonyl (C=O) groups is 6. The number of anilines is 1. The van der Waals surface area contributed by atoms with Crippen LogP contribution in [0.15, 0.2) is 35.6 Å². The van der Waals surface area contributed by atoms with E-state index in [-0.39, 0.29) is 90.0 Å². The molecule has 0 saturated carbocycles. The highest BCUT2D eigenvalue weighted by Gasteiger charge is 2.45. The standard InChI is InChI=1S/C49H65F3N10O7S.C2H6/c1-7-70-41-21-34(48(26-69-27-48)22-39-58-54-28-59(39)6)20-38(56-41)61-23-36-35(47(61)68)18-33(19-37(36)49(50,51)52)25-62(17-11-12-31(4)24-62)29-53-45(66)32(5)55-46(67)44(30(2)3)57-40(63)13-9-8-10-16-60-42(64)14-15-43(60)65;1-2/h18-21,28,30-32,44H,7-17,22-27,29H2,1-6H3,(H2-,53,55,57,63,66,67);1-2H3/p+1/t31-,32?,44?,62?;/m0./s1. The van der Waals surface area contributed by atoms with E-state index < -0.39 is 47.0 Å². The number of pyridine rings is 1. The highest BCUT2D eigenvalue weighted by atomic mass is 32.2. The van der Waals surface area contributed by atoms with Crippen molar-refractivity contribution in [2.75, 3.05) is 50.2 Å². The molecule has 394 valence electrons. The number of aromatic nitrogens is 4. The molecule has 0 spiro atoms. The van der Waals surface area contributed by atoms with Gasteiger partial charge in [0.25, 0.3) is 5.91 Å². The third-order valence-electron chi connectivity index (χ3n) is 14.0. The van der Waals surface area contributed by atoms with Crippen LogP contribution in [0.4, 0.5) is 19.0 Å². The number of imide groups is 1. The predicted octanol–water partition coefficient (Wildman–Crippen LogP) is 6.21. The third-order valence-corrected chi connectivity index (χ3v) is 14.8. The van der Waals surface area contributed by atoms with E-state index in [1.165, 1.54) is 28.5 Å². The molecule has 6 amide bonds. The lowest BCUT2D eigenvalue weighted by molar-refractivity contribution is -0.949. The van der Waals surface area contributed by atoms with Crippen molar-refractivity contribution in [3.05, 3.63) is 64.2 Å². The Balaban J connectivity index is 0.00000418. The number of nitrogens with one attached hydrogen (secondary N) is 3. The minimum atomic E-state index is -4.77. The lowest BCUT2D eigenvalue weighted by Crippen LogP contribution is -2.60. The Morgan fingerprint density at radius 2 is 1.71 bits per heavy atom. The van der Waals surface area contributed by atoms with E-state index in [2.05, 4.69) is 33.1 Å². The minimum absolute atomic E-state index is 0.0363. The van der Waals surface area contributed by atoms with E-state index in [0.29, 0.717) is 74.9 Å². The quantitative estimate of drug-likeness (QED) is 0.0475. The molecule has 2 aromatic heterocycles. The van der Waals surface area contributed by atoms with Gasteiger partial charge in [0, 0.05) is 61.7 Å². The topological polar surface area (TPSA) is 198 Å². The highest BCUT2D eigenvalue weighted by Crippen LogP contribution is 2.43. The fraction of sp³-hybridized carbons (Fsp3) is 0.627. The van der Waals surface area contributed by atoms with Crippen LogP contribution in [0.25, 0.3) is 0 Å². The first-order valence-electron chi connectivity index (χ1n) is 25.4. The molecule has 21 heteroatoms. The number of alkyl halides is 3. The van der Waals surface area contributed by atoms with Gasteiger partial charge in [0.1, 0.15) is 36.6 Å². The molecule has 3 fully saturated rings. The average molecular weight is 1030 g/mol. The highest BCUT2D eigenvalue weighted by molar-refractivity contribution is 7.99. The number of fused-ring (bicyclic) bond motifs is 1. The molecule has 3 N–H and O–H groups in total. The van der Waals surface area contributed by atoms with Crippen LogP contribution in [-0.4, -0.2) is 122 Å². The average Bonchev–Trinajstić information content (AvgIpc) is 3.99. The van der Waals surface area contributed by atoms with Crippen LogP contribution in [0, 0.1) is 11.8 Å². The first-order valence-corrected chi connectivity index (χ1v) is 26.4. The van der Waals surface area contributed by atoms with Gasteiger partial charge in [0.05, 0.1) is 43.4 Å². The number of nitrogens with zero attached hydrogens (tertiary/aromatic N) is 7. The van der Waals surface area contributed by atoms with Crippen LogP contribution in [0.5, 0.6) is 0 Å². The van der Waals surface area contributed by atoms with Gasteiger partial charge in [-0.25, -0.2) is 4.98 Å². The van der Waals surface area contributed by atoms with Crippen molar-refractivity contribution in [2.24, 2.45) is 18.9 Å². The van der Waals surface area contributed by atoms with E-state index in [4.69, 9.17) is 9.72 Å². The second-order valence-corrected chi connectivity index (χ2v) is 21.3. The zero-order chi connectivity index (χ0) is 52.5. The number of carbonyl (C=O) groups excluding carboxylic acids is 6. The van der Waals surface area contributed by atoms with Crippen molar-refractivity contribution in [2.45, 2.75) is 148 Å². The number of thioether (sulfide) groups is 1. The number of rotatable bonds is 21. The van der Waals surface area contributed by atoms with Gasteiger partial charge in [-0.3, -0.25) is 38.6 Å². The first kappa shape index (κ1) is 55.9. The normalized spacial score (nSPS) is 20.4. The monoisotopic (exact) mass is 1030 g/mol. The van der Waals surface area contributed by atoms with Crippen molar-refractivity contribution in [1.29, 1.82) is 0 Å². The number of unbranched alkanes of at least 4 members (excludes halogenated alkanes) is 2. The summed E-state index contributed by atoms with van der Waals surface area (Å²) in [5.41, 5.74) is -0.366. The summed E-state index contributed by atoms with van der Waals surface area (Å²) in [6.45, 7) is 15.2. The molecule has 4 atom stereocenters. The molecule has 0 radical (unpaired) electrons. The van der Waals surface area contributed by atoms with Crippen molar-refractivity contribution in [1.82, 2.24) is 40.6 Å². The number of halogens is 3. The number of piperidine rings is 1. The Morgan fingerprint density at radius 3 is 2.32 bits per heavy atom. The predicted molar refractivity (Wildman–Crippen MR) is 265 cm³/mol. The second kappa shape index (κ2) is 24.1. The number of benzene rings is 1. The van der Waals surface area contributed by atoms with Crippen LogP contribution in [0.3, 0.4) is 0 Å². The molecule has 0 aliphatic carbocycles. The molecule has 3 aromatic rings. The van der Waals surface area contributed by atoms with E-state index >= 15 is 13.2 Å². The van der Waals surface area contributed by atoms with Crippen molar-refractivity contribution in [3.8, 4) is 0 Å². The molecule has 72 heavy (non-hydrogen) atoms. The summed E-state index contributed by atoms with van der Waals surface area (Å²) in [6.07, 6.45) is 1.31. The zero-order valence-electron chi connectivity index (χ0n) is 43.0. The van der Waals surface area contributed by atoms with Gasteiger partial charge in [-0.05, 0) is 79.7 Å². The molecule has 7 rings (SSSR count). The largest absolute Gasteiger partial charge is 0.416 e. The Bertz CT molecular complexity index is 2450. The zero-order valence-corrected chi connectivity index (χ0v) is 43.8. The van der Waals surface area contributed by atoms with E-state index in [0.717, 1.165) is 30.3 Å². The summed E-state index contributed by atoms with van der Waals surface area (Å²) in [5.74, 6) is -0.733. The molecule has 4 aliphatic rings. The maximum Gasteiger partial charge on any atom is 0.416 e. The van der Waals surface area contributed by atoms with Crippen LogP contribution in [0.1, 0.15) is 138 Å². The molecule has 1 aromatic carbocycles. The van der Waals surface area contributed by atoms with Gasteiger partial charge in [-0.2, -0.15) is 13.2 Å². The van der Waals surface area contributed by atoms with Gasteiger partial charge in [0.2, 0.25) is 29.5 Å². The van der Waals surface area contributed by atoms with Crippen molar-refractivity contribution < 1.29 is 51.2 Å². The lowest BCUT2D eigenvalue weighted by Gasteiger charge is -2.44. The minimum Gasteiger partial charge on any atom is -0.379 e. The first-order chi connectivity index (χ1) is 34.2. The Hall–Kier alpha value is -5.41. The summed E-state index contributed by atoms with van der Waals surface area (Å²) >= 11 is 1.47. The molecule has 17 nitrogen and oxygen atoms in total. The van der Waals surface area contributed by atoms with Crippen LogP contribution >= 0.6 is 11.8 Å². The van der Waals surface area contributed by atoms with Crippen LogP contribution < -0.4 is 20.9 Å². The van der Waals surface area contributed by atoms with Gasteiger partial charge in [-0.1, -0.05) is 48.0 Å². The fourth-order valence-electron chi connectivity index (χ4n) is 10.1. The molecule has 6 heterocycles. The van der Waals surface area contributed by atoms with Crippen molar-refractivity contribution in [3.63, 3.8) is 0 Å². The summed E-state index contributed by atoms with van der Waals surface area (Å²) in [6, 6.07) is 4.52. The lowest BCUT2D eigenvalue weighted by atomic mass is 9.76. The van der Waals surface area contributed by atoms with Gasteiger partial charge in [0.15, 0.2) is 6.67 Å². The number of likely N-dealkylation sites (tertiary alicyclic amines) is 2. The van der Waals surface area contributed by atoms with Crippen molar-refractivity contribution >= 4 is 53.0 Å². The van der Waals surface area contributed by atoms with Gasteiger partial charge in [-0.15, -0.1) is 22.0 Å². The number of hydrogen-bond donors (Lipinski definition) is 3. The third kappa shape index (κ3) is 13.2. The number of aryl methyl sites for hydroxylation is 1. The number of quaternary nitrogens is 1. The summed E-state index contributed by atoms with van der Waals surface area (Å²) in [5, 5.41) is 17.4. The molecule has 3 saturated heterocycles. The molecular weight excluding hydrogens is 954 g/mol. The fourth-order valence-corrected chi connectivity index (χ4v) is 10.8. The Morgan fingerprint density at radius 1 is 0.986 bits per heavy atom. The summed E-state index contributed by atoms with van der Waals surface area (Å²) in [4.78, 5) is 85.6. The van der Waals surface area contributed by atoms with Gasteiger partial charge < -0.3 is 29.7 Å². The number of ether oxygens (including phenoxy) is 1. The van der Waals surface area contributed by atoms with E-state index in [9.17, 15) is 28.8 Å². The van der Waals surface area contributed by atoms with Crippen LogP contribution in [-0.2, 0) is 66.9 Å². The van der Waals surface area contributed by atoms with Crippen LogP contribution in [0.2, 0.25) is 0 Å². The van der Waals surface area contributed by atoms with E-state index in [1.54, 1.807) is 32.3 Å².